The lowest BCUT2D eigenvalue weighted by Gasteiger charge is -2.37. The van der Waals surface area contributed by atoms with Crippen molar-refractivity contribution in [2.45, 2.75) is 32.4 Å². The number of benzene rings is 1. The average molecular weight is 290 g/mol. The maximum Gasteiger partial charge on any atom is 0.123 e. The number of hydrogen-bond acceptors (Lipinski definition) is 3. The Kier molecular flexibility index (Phi) is 3.52. The van der Waals surface area contributed by atoms with E-state index in [0.29, 0.717) is 6.04 Å². The number of rotatable bonds is 2. The zero-order valence-corrected chi connectivity index (χ0v) is 12.6. The Morgan fingerprint density at radius 2 is 2.20 bits per heavy atom. The maximum atomic E-state index is 13.5. The van der Waals surface area contributed by atoms with Crippen molar-refractivity contribution in [1.82, 2.24) is 0 Å². The molecular formula is C16H19FN2S. The third kappa shape index (κ3) is 2.23. The molecule has 20 heavy (non-hydrogen) atoms. The zero-order chi connectivity index (χ0) is 14.3. The summed E-state index contributed by atoms with van der Waals surface area (Å²) < 4.78 is 13.5. The fourth-order valence-corrected chi connectivity index (χ4v) is 3.95. The average Bonchev–Trinajstić information content (AvgIpc) is 2.89. The quantitative estimate of drug-likeness (QED) is 0.904. The highest BCUT2D eigenvalue weighted by molar-refractivity contribution is 7.10. The zero-order valence-electron chi connectivity index (χ0n) is 11.8. The molecule has 2 N–H and O–H groups in total. The van der Waals surface area contributed by atoms with Crippen LogP contribution >= 0.6 is 11.3 Å². The van der Waals surface area contributed by atoms with Crippen LogP contribution < -0.4 is 10.6 Å². The molecule has 0 amide bonds. The second-order valence-electron chi connectivity index (χ2n) is 5.41. The van der Waals surface area contributed by atoms with Crippen molar-refractivity contribution in [3.05, 3.63) is 51.5 Å². The molecule has 1 unspecified atom stereocenters. The van der Waals surface area contributed by atoms with E-state index in [2.05, 4.69) is 23.3 Å². The van der Waals surface area contributed by atoms with Gasteiger partial charge in [-0.15, -0.1) is 11.3 Å². The van der Waals surface area contributed by atoms with Crippen molar-refractivity contribution in [2.24, 2.45) is 5.73 Å². The molecule has 1 aromatic heterocycles. The van der Waals surface area contributed by atoms with Gasteiger partial charge in [-0.25, -0.2) is 4.39 Å². The topological polar surface area (TPSA) is 29.3 Å². The van der Waals surface area contributed by atoms with Crippen LogP contribution in [0, 0.1) is 5.82 Å². The van der Waals surface area contributed by atoms with E-state index in [1.165, 1.54) is 16.5 Å². The van der Waals surface area contributed by atoms with Gasteiger partial charge in [0.15, 0.2) is 0 Å². The minimum Gasteiger partial charge on any atom is -0.364 e. The summed E-state index contributed by atoms with van der Waals surface area (Å²) in [5, 5.41) is 2.15. The van der Waals surface area contributed by atoms with Crippen molar-refractivity contribution < 1.29 is 4.39 Å². The molecule has 2 atom stereocenters. The summed E-state index contributed by atoms with van der Waals surface area (Å²) in [6.45, 7) is 5.07. The second-order valence-corrected chi connectivity index (χ2v) is 6.41. The molecule has 4 heteroatoms. The highest BCUT2D eigenvalue weighted by Crippen LogP contribution is 2.38. The third-order valence-corrected chi connectivity index (χ3v) is 5.06. The Hall–Kier alpha value is -1.39. The monoisotopic (exact) mass is 290 g/mol. The van der Waals surface area contributed by atoms with E-state index in [-0.39, 0.29) is 11.9 Å². The molecular weight excluding hydrogens is 271 g/mol. The van der Waals surface area contributed by atoms with Crippen molar-refractivity contribution in [2.75, 3.05) is 11.4 Å². The normalized spacial score (nSPS) is 19.8. The number of fused-ring (bicyclic) bond motifs is 1. The first kappa shape index (κ1) is 13.6. The van der Waals surface area contributed by atoms with Crippen molar-refractivity contribution in [3.8, 4) is 0 Å². The largest absolute Gasteiger partial charge is 0.364 e. The highest BCUT2D eigenvalue weighted by atomic mass is 32.1. The number of thiophene rings is 1. The van der Waals surface area contributed by atoms with Crippen LogP contribution in [-0.4, -0.2) is 6.54 Å². The third-order valence-electron chi connectivity index (χ3n) is 4.07. The van der Waals surface area contributed by atoms with E-state index in [1.807, 2.05) is 24.3 Å². The smallest absolute Gasteiger partial charge is 0.123 e. The first-order valence-corrected chi connectivity index (χ1v) is 7.84. The summed E-state index contributed by atoms with van der Waals surface area (Å²) in [5.74, 6) is -0.220. The van der Waals surface area contributed by atoms with Crippen LogP contribution in [0.25, 0.3) is 0 Å². The second kappa shape index (κ2) is 5.19. The molecule has 0 bridgehead atoms. The molecule has 1 aliphatic heterocycles. The fraction of sp³-hybridized carbons (Fsp3) is 0.375. The van der Waals surface area contributed by atoms with Gasteiger partial charge in [0, 0.05) is 23.2 Å². The predicted molar refractivity (Wildman–Crippen MR) is 82.8 cm³/mol. The van der Waals surface area contributed by atoms with Gasteiger partial charge in [0.1, 0.15) is 5.82 Å². The van der Waals surface area contributed by atoms with E-state index < -0.39 is 0 Å². The van der Waals surface area contributed by atoms with Crippen LogP contribution in [0.5, 0.6) is 0 Å². The van der Waals surface area contributed by atoms with Crippen molar-refractivity contribution >= 4 is 17.0 Å². The van der Waals surface area contributed by atoms with Gasteiger partial charge in [0.2, 0.25) is 0 Å². The van der Waals surface area contributed by atoms with E-state index in [0.717, 1.165) is 24.2 Å². The van der Waals surface area contributed by atoms with Gasteiger partial charge in [-0.3, -0.25) is 0 Å². The lowest BCUT2D eigenvalue weighted by atomic mass is 9.97. The van der Waals surface area contributed by atoms with Gasteiger partial charge < -0.3 is 10.6 Å². The first-order chi connectivity index (χ1) is 9.58. The highest BCUT2D eigenvalue weighted by Gasteiger charge is 2.26. The number of nitrogens with zero attached hydrogens (tertiary/aromatic N) is 1. The Bertz CT molecular complexity index is 621. The van der Waals surface area contributed by atoms with Crippen LogP contribution in [0.4, 0.5) is 10.1 Å². The molecule has 0 spiro atoms. The molecule has 0 fully saturated rings. The lowest BCUT2D eigenvalue weighted by Crippen LogP contribution is -2.34. The summed E-state index contributed by atoms with van der Waals surface area (Å²) >= 11 is 1.83. The molecule has 2 aromatic rings. The molecule has 1 aromatic carbocycles. The van der Waals surface area contributed by atoms with Gasteiger partial charge in [0.05, 0.1) is 6.04 Å². The molecule has 2 nitrogen and oxygen atoms in total. The summed E-state index contributed by atoms with van der Waals surface area (Å²) in [6, 6.07) is 7.30. The molecule has 0 saturated carbocycles. The van der Waals surface area contributed by atoms with E-state index in [4.69, 9.17) is 5.73 Å². The van der Waals surface area contributed by atoms with Crippen LogP contribution in [0.1, 0.15) is 41.9 Å². The van der Waals surface area contributed by atoms with Gasteiger partial charge >= 0.3 is 0 Å². The predicted octanol–water partition coefficient (Wildman–Crippen LogP) is 4.03. The summed E-state index contributed by atoms with van der Waals surface area (Å²) in [6.07, 6.45) is 1.05. The Labute approximate surface area is 123 Å². The van der Waals surface area contributed by atoms with Gasteiger partial charge in [-0.2, -0.15) is 0 Å². The summed E-state index contributed by atoms with van der Waals surface area (Å²) in [5.41, 5.74) is 9.35. The molecule has 0 radical (unpaired) electrons. The van der Waals surface area contributed by atoms with E-state index in [9.17, 15) is 4.39 Å². The number of nitrogens with two attached hydrogens (primary N) is 1. The number of hydrogen-bond donors (Lipinski definition) is 1. The van der Waals surface area contributed by atoms with Gasteiger partial charge in [0.25, 0.3) is 0 Å². The van der Waals surface area contributed by atoms with E-state index >= 15 is 0 Å². The molecule has 3 rings (SSSR count). The summed E-state index contributed by atoms with van der Waals surface area (Å²) in [7, 11) is 0. The van der Waals surface area contributed by atoms with Crippen LogP contribution in [0.2, 0.25) is 0 Å². The molecule has 0 saturated heterocycles. The van der Waals surface area contributed by atoms with Crippen molar-refractivity contribution in [1.29, 1.82) is 0 Å². The number of halogens is 1. The Morgan fingerprint density at radius 3 is 2.95 bits per heavy atom. The van der Waals surface area contributed by atoms with Crippen LogP contribution in [0.15, 0.2) is 29.6 Å². The lowest BCUT2D eigenvalue weighted by molar-refractivity contribution is 0.608. The SMILES string of the molecule is CC1c2ccsc2CCN1c1ccc(F)cc1[C@H](C)N. The van der Waals surface area contributed by atoms with Gasteiger partial charge in [-0.1, -0.05) is 0 Å². The number of anilines is 1. The summed E-state index contributed by atoms with van der Waals surface area (Å²) in [4.78, 5) is 3.81. The van der Waals surface area contributed by atoms with Gasteiger partial charge in [-0.05, 0) is 61.0 Å². The van der Waals surface area contributed by atoms with Crippen LogP contribution in [-0.2, 0) is 6.42 Å². The Morgan fingerprint density at radius 1 is 1.40 bits per heavy atom. The first-order valence-electron chi connectivity index (χ1n) is 6.96. The fourth-order valence-electron chi connectivity index (χ4n) is 2.99. The molecule has 0 aliphatic carbocycles. The minimum atomic E-state index is -0.220. The van der Waals surface area contributed by atoms with E-state index in [1.54, 1.807) is 6.07 Å². The molecule has 2 heterocycles. The maximum absolute atomic E-state index is 13.5. The minimum absolute atomic E-state index is 0.170. The standard InChI is InChI=1S/C16H19FN2S/c1-10(18)14-9-12(17)3-4-15(14)19-7-5-16-13(11(19)2)6-8-20-16/h3-4,6,8-11H,5,7,18H2,1-2H3/t10-,11?/m0/s1. The van der Waals surface area contributed by atoms with Crippen LogP contribution in [0.3, 0.4) is 0 Å². The molecule has 1 aliphatic rings. The van der Waals surface area contributed by atoms with Crippen molar-refractivity contribution in [3.63, 3.8) is 0 Å². The molecule has 106 valence electrons. The Balaban J connectivity index is 2.02.